The zero-order chi connectivity index (χ0) is 14.5. The van der Waals surface area contributed by atoms with Gasteiger partial charge in [-0.15, -0.1) is 0 Å². The first-order valence-electron chi connectivity index (χ1n) is 8.20. The van der Waals surface area contributed by atoms with Gasteiger partial charge in [0.25, 0.3) is 0 Å². The van der Waals surface area contributed by atoms with E-state index in [0.29, 0.717) is 12.1 Å². The maximum absolute atomic E-state index is 6.01. The van der Waals surface area contributed by atoms with E-state index in [1.54, 1.807) is 0 Å². The third-order valence-corrected chi connectivity index (χ3v) is 4.28. The van der Waals surface area contributed by atoms with Crippen LogP contribution in [0.1, 0.15) is 50.8 Å². The molecule has 0 saturated carbocycles. The monoisotopic (exact) mass is 287 g/mol. The fraction of sp³-hybridized carbons (Fsp3) is 0.556. The lowest BCUT2D eigenvalue weighted by atomic mass is 10.0. The van der Waals surface area contributed by atoms with Crippen molar-refractivity contribution in [3.8, 4) is 0 Å². The molecule has 1 aliphatic heterocycles. The lowest BCUT2D eigenvalue weighted by Crippen LogP contribution is -2.20. The molecule has 3 nitrogen and oxygen atoms in total. The van der Waals surface area contributed by atoms with Crippen LogP contribution in [0, 0.1) is 0 Å². The summed E-state index contributed by atoms with van der Waals surface area (Å²) < 4.78 is 11.7. The van der Waals surface area contributed by atoms with E-state index in [1.165, 1.54) is 31.1 Å². The number of benzene rings is 1. The molecular weight excluding hydrogens is 262 g/mol. The number of hydrogen-bond acceptors (Lipinski definition) is 3. The minimum absolute atomic E-state index is 0.309. The third kappa shape index (κ3) is 3.66. The zero-order valence-electron chi connectivity index (χ0n) is 12.8. The minimum atomic E-state index is 0.309. The Labute approximate surface area is 126 Å². The van der Waals surface area contributed by atoms with Crippen molar-refractivity contribution in [3.63, 3.8) is 0 Å². The third-order valence-electron chi connectivity index (χ3n) is 4.28. The maximum atomic E-state index is 6.01. The first-order chi connectivity index (χ1) is 10.4. The number of ether oxygens (including phenoxy) is 1. The number of para-hydroxylation sites is 1. The van der Waals surface area contributed by atoms with Gasteiger partial charge in [0.1, 0.15) is 11.3 Å². The van der Waals surface area contributed by atoms with Crippen LogP contribution in [-0.4, -0.2) is 19.3 Å². The first kappa shape index (κ1) is 14.6. The summed E-state index contributed by atoms with van der Waals surface area (Å²) in [6.45, 7) is 4.06. The van der Waals surface area contributed by atoms with Gasteiger partial charge in [0.2, 0.25) is 0 Å². The molecule has 1 N–H and O–H groups in total. The van der Waals surface area contributed by atoms with Crippen LogP contribution in [0.4, 0.5) is 0 Å². The second kappa shape index (κ2) is 7.10. The molecule has 3 rings (SSSR count). The quantitative estimate of drug-likeness (QED) is 0.818. The normalized spacial score (nSPS) is 20.1. The van der Waals surface area contributed by atoms with E-state index in [2.05, 4.69) is 30.4 Å². The smallest absolute Gasteiger partial charge is 0.134 e. The molecule has 0 aliphatic carbocycles. The van der Waals surface area contributed by atoms with E-state index in [9.17, 15) is 0 Å². The van der Waals surface area contributed by atoms with Crippen LogP contribution in [0.5, 0.6) is 0 Å². The average molecular weight is 287 g/mol. The van der Waals surface area contributed by atoms with Gasteiger partial charge in [-0.3, -0.25) is 0 Å². The fourth-order valence-electron chi connectivity index (χ4n) is 3.19. The molecule has 0 bridgehead atoms. The highest BCUT2D eigenvalue weighted by atomic mass is 16.5. The van der Waals surface area contributed by atoms with Gasteiger partial charge < -0.3 is 14.5 Å². The molecule has 1 fully saturated rings. The van der Waals surface area contributed by atoms with Crippen molar-refractivity contribution in [1.82, 2.24) is 5.32 Å². The number of nitrogens with one attached hydrogen (secondary N) is 1. The summed E-state index contributed by atoms with van der Waals surface area (Å²) in [6, 6.07) is 10.7. The zero-order valence-corrected chi connectivity index (χ0v) is 12.8. The molecule has 114 valence electrons. The highest BCUT2D eigenvalue weighted by Crippen LogP contribution is 2.28. The standard InChI is InChI=1S/C18H25NO2/c1-2-19-16(10-5-8-15-9-6-12-20-15)18-13-14-7-3-4-11-17(14)21-18/h3-4,7,11,13,15-16,19H,2,5-6,8-10,12H2,1H3. The van der Waals surface area contributed by atoms with Gasteiger partial charge in [0, 0.05) is 12.0 Å². The molecule has 0 spiro atoms. The Morgan fingerprint density at radius 2 is 2.24 bits per heavy atom. The summed E-state index contributed by atoms with van der Waals surface area (Å²) in [5.74, 6) is 1.06. The minimum Gasteiger partial charge on any atom is -0.459 e. The summed E-state index contributed by atoms with van der Waals surface area (Å²) in [6.07, 6.45) is 6.40. The average Bonchev–Trinajstić information content (AvgIpc) is 3.15. The lowest BCUT2D eigenvalue weighted by Gasteiger charge is -2.16. The summed E-state index contributed by atoms with van der Waals surface area (Å²) in [7, 11) is 0. The predicted octanol–water partition coefficient (Wildman–Crippen LogP) is 4.43. The lowest BCUT2D eigenvalue weighted by molar-refractivity contribution is 0.101. The Kier molecular flexibility index (Phi) is 4.94. The van der Waals surface area contributed by atoms with Crippen molar-refractivity contribution in [2.24, 2.45) is 0 Å². The van der Waals surface area contributed by atoms with Crippen molar-refractivity contribution < 1.29 is 9.15 Å². The van der Waals surface area contributed by atoms with Crippen molar-refractivity contribution >= 4 is 11.0 Å². The Bertz CT molecular complexity index is 524. The van der Waals surface area contributed by atoms with Gasteiger partial charge in [0.15, 0.2) is 0 Å². The van der Waals surface area contributed by atoms with Gasteiger partial charge in [-0.1, -0.05) is 25.1 Å². The molecule has 2 atom stereocenters. The second-order valence-electron chi connectivity index (χ2n) is 5.86. The fourth-order valence-corrected chi connectivity index (χ4v) is 3.19. The van der Waals surface area contributed by atoms with Crippen molar-refractivity contribution in [3.05, 3.63) is 36.1 Å². The van der Waals surface area contributed by atoms with Gasteiger partial charge >= 0.3 is 0 Å². The topological polar surface area (TPSA) is 34.4 Å². The second-order valence-corrected chi connectivity index (χ2v) is 5.86. The molecule has 1 aromatic heterocycles. The van der Waals surface area contributed by atoms with Crippen molar-refractivity contribution in [1.29, 1.82) is 0 Å². The predicted molar refractivity (Wildman–Crippen MR) is 85.5 cm³/mol. The largest absolute Gasteiger partial charge is 0.459 e. The van der Waals surface area contributed by atoms with E-state index in [1.807, 2.05) is 12.1 Å². The molecule has 2 unspecified atom stereocenters. The van der Waals surface area contributed by atoms with Crippen LogP contribution in [0.15, 0.2) is 34.7 Å². The van der Waals surface area contributed by atoms with Crippen LogP contribution >= 0.6 is 0 Å². The van der Waals surface area contributed by atoms with Crippen LogP contribution in [-0.2, 0) is 4.74 Å². The number of rotatable bonds is 7. The van der Waals surface area contributed by atoms with E-state index in [-0.39, 0.29) is 0 Å². The Morgan fingerprint density at radius 1 is 1.33 bits per heavy atom. The molecule has 21 heavy (non-hydrogen) atoms. The van der Waals surface area contributed by atoms with Crippen LogP contribution in [0.2, 0.25) is 0 Å². The molecular formula is C18H25NO2. The van der Waals surface area contributed by atoms with Gasteiger partial charge in [-0.2, -0.15) is 0 Å². The summed E-state index contributed by atoms with van der Waals surface area (Å²) in [4.78, 5) is 0. The van der Waals surface area contributed by atoms with Crippen molar-refractivity contribution in [2.75, 3.05) is 13.2 Å². The molecule has 0 amide bonds. The maximum Gasteiger partial charge on any atom is 0.134 e. The SMILES string of the molecule is CCNC(CCCC1CCCO1)c1cc2ccccc2o1. The van der Waals surface area contributed by atoms with Gasteiger partial charge in [0.05, 0.1) is 12.1 Å². The number of fused-ring (bicyclic) bond motifs is 1. The van der Waals surface area contributed by atoms with E-state index >= 15 is 0 Å². The number of hydrogen-bond donors (Lipinski definition) is 1. The first-order valence-corrected chi connectivity index (χ1v) is 8.20. The van der Waals surface area contributed by atoms with Crippen LogP contribution in [0.25, 0.3) is 11.0 Å². The molecule has 2 heterocycles. The number of furan rings is 1. The van der Waals surface area contributed by atoms with E-state index in [0.717, 1.165) is 30.9 Å². The molecule has 1 aromatic carbocycles. The Morgan fingerprint density at radius 3 is 3.00 bits per heavy atom. The molecule has 1 saturated heterocycles. The Hall–Kier alpha value is -1.32. The summed E-state index contributed by atoms with van der Waals surface area (Å²) in [5.41, 5.74) is 0.981. The molecule has 0 radical (unpaired) electrons. The van der Waals surface area contributed by atoms with Crippen LogP contribution in [0.3, 0.4) is 0 Å². The van der Waals surface area contributed by atoms with Gasteiger partial charge in [-0.05, 0) is 50.8 Å². The van der Waals surface area contributed by atoms with Crippen LogP contribution < -0.4 is 5.32 Å². The molecule has 1 aliphatic rings. The van der Waals surface area contributed by atoms with E-state index < -0.39 is 0 Å². The highest BCUT2D eigenvalue weighted by Gasteiger charge is 2.18. The Balaban J connectivity index is 1.62. The van der Waals surface area contributed by atoms with E-state index in [4.69, 9.17) is 9.15 Å². The van der Waals surface area contributed by atoms with Crippen molar-refractivity contribution in [2.45, 2.75) is 51.2 Å². The summed E-state index contributed by atoms with van der Waals surface area (Å²) >= 11 is 0. The van der Waals surface area contributed by atoms with Gasteiger partial charge in [-0.25, -0.2) is 0 Å². The summed E-state index contributed by atoms with van der Waals surface area (Å²) in [5, 5.41) is 4.74. The molecule has 2 aromatic rings. The molecule has 3 heteroatoms. The highest BCUT2D eigenvalue weighted by molar-refractivity contribution is 5.77.